The van der Waals surface area contributed by atoms with Gasteiger partial charge in [0, 0.05) is 0 Å². The van der Waals surface area contributed by atoms with Crippen molar-refractivity contribution in [3.8, 4) is 0 Å². The maximum Gasteiger partial charge on any atom is 0.234 e. The lowest BCUT2D eigenvalue weighted by molar-refractivity contribution is 0.107. The highest BCUT2D eigenvalue weighted by atomic mass is 16.1. The average molecular weight is 265 g/mol. The molecule has 1 unspecified atom stereocenters. The van der Waals surface area contributed by atoms with Gasteiger partial charge in [-0.25, -0.2) is 9.79 Å². The zero-order valence-electron chi connectivity index (χ0n) is 11.6. The van der Waals surface area contributed by atoms with Gasteiger partial charge in [0.05, 0.1) is 6.54 Å². The van der Waals surface area contributed by atoms with Crippen LogP contribution in [0, 0.1) is 10.8 Å². The molecule has 1 fully saturated rings. The van der Waals surface area contributed by atoms with Gasteiger partial charge < -0.3 is 10.8 Å². The van der Waals surface area contributed by atoms with E-state index in [9.17, 15) is 4.79 Å². The fraction of sp³-hybridized carbons (Fsp3) is 0.769. The van der Waals surface area contributed by atoms with Gasteiger partial charge in [0.25, 0.3) is 0 Å². The second kappa shape index (κ2) is 10.1. The topological polar surface area (TPSA) is 108 Å². The number of isocyanates is 3. The van der Waals surface area contributed by atoms with Crippen LogP contribution >= 0.6 is 0 Å². The largest absolute Gasteiger partial charge is 0.724 e. The average Bonchev–Trinajstić information content (AvgIpc) is 2.27. The zero-order chi connectivity index (χ0) is 15.4. The fourth-order valence-electron chi connectivity index (χ4n) is 2.68. The third kappa shape index (κ3) is 11.0. The van der Waals surface area contributed by atoms with Crippen molar-refractivity contribution in [2.45, 2.75) is 46.5 Å². The summed E-state index contributed by atoms with van der Waals surface area (Å²) in [4.78, 5) is 30.3. The normalized spacial score (nSPS) is 22.9. The molecule has 0 aromatic rings. The second-order valence-corrected chi connectivity index (χ2v) is 5.60. The number of carbonyl (C=O) groups excluding carboxylic acids is 3. The first kappa shape index (κ1) is 19.5. The van der Waals surface area contributed by atoms with Crippen LogP contribution in [0.4, 0.5) is 0 Å². The Bertz CT molecular complexity index is 363. The molecule has 0 aliphatic heterocycles. The number of rotatable bonds is 2. The predicted octanol–water partition coefficient (Wildman–Crippen LogP) is 2.71. The van der Waals surface area contributed by atoms with E-state index in [0.717, 1.165) is 0 Å². The van der Waals surface area contributed by atoms with Crippen LogP contribution in [0.15, 0.2) is 4.99 Å². The Balaban J connectivity index is 0. The van der Waals surface area contributed by atoms with E-state index in [1.165, 1.54) is 25.7 Å². The summed E-state index contributed by atoms with van der Waals surface area (Å²) in [5, 5.41) is 13.5. The molecular weight excluding hydrogens is 246 g/mol. The van der Waals surface area contributed by atoms with Crippen molar-refractivity contribution in [2.24, 2.45) is 15.8 Å². The quantitative estimate of drug-likeness (QED) is 0.565. The summed E-state index contributed by atoms with van der Waals surface area (Å²) in [6, 6.07) is 0. The van der Waals surface area contributed by atoms with Gasteiger partial charge in [-0.2, -0.15) is 0 Å². The minimum atomic E-state index is 0.235. The molecule has 0 aromatic carbocycles. The molecule has 0 bridgehead atoms. The van der Waals surface area contributed by atoms with Crippen molar-refractivity contribution in [2.75, 3.05) is 6.54 Å². The molecule has 0 N–H and O–H groups in total. The first-order valence-electron chi connectivity index (χ1n) is 5.87. The van der Waals surface area contributed by atoms with Gasteiger partial charge in [0.15, 0.2) is 0 Å². The van der Waals surface area contributed by atoms with Crippen molar-refractivity contribution in [3.05, 3.63) is 10.8 Å². The maximum atomic E-state index is 10.1. The molecule has 0 spiro atoms. The van der Waals surface area contributed by atoms with Crippen molar-refractivity contribution in [1.29, 1.82) is 0 Å². The lowest BCUT2D eigenvalue weighted by Gasteiger charge is -2.41. The summed E-state index contributed by atoms with van der Waals surface area (Å²) in [5.41, 5.74) is 0.657. The Labute approximate surface area is 113 Å². The fourth-order valence-corrected chi connectivity index (χ4v) is 2.68. The van der Waals surface area contributed by atoms with Crippen LogP contribution in [0.5, 0.6) is 0 Å². The van der Waals surface area contributed by atoms with E-state index in [4.69, 9.17) is 20.4 Å². The summed E-state index contributed by atoms with van der Waals surface area (Å²) in [5.74, 6) is 0. The van der Waals surface area contributed by atoms with E-state index in [2.05, 4.69) is 25.8 Å². The minimum Gasteiger partial charge on any atom is -0.724 e. The summed E-state index contributed by atoms with van der Waals surface area (Å²) >= 11 is 0. The van der Waals surface area contributed by atoms with E-state index in [0.29, 0.717) is 24.1 Å². The highest BCUT2D eigenvalue weighted by Crippen LogP contribution is 2.45. The highest BCUT2D eigenvalue weighted by Gasteiger charge is 2.36. The molecule has 6 nitrogen and oxygen atoms in total. The first-order chi connectivity index (χ1) is 8.80. The molecule has 106 valence electrons. The molecule has 0 saturated heterocycles. The maximum absolute atomic E-state index is 10.1. The van der Waals surface area contributed by atoms with E-state index in [-0.39, 0.29) is 5.41 Å². The molecule has 0 radical (unpaired) electrons. The molecule has 19 heavy (non-hydrogen) atoms. The molecule has 1 aliphatic rings. The number of aliphatic imine (C=N–C) groups is 1. The Morgan fingerprint density at radius 2 is 1.53 bits per heavy atom. The molecule has 1 atom stereocenters. The molecule has 0 amide bonds. The third-order valence-electron chi connectivity index (χ3n) is 3.06. The van der Waals surface area contributed by atoms with Crippen molar-refractivity contribution in [3.63, 3.8) is 0 Å². The summed E-state index contributed by atoms with van der Waals surface area (Å²) in [7, 11) is 0. The Hall–Kier alpha value is -1.86. The molecular formula is C13H19N3O3-2. The van der Waals surface area contributed by atoms with Gasteiger partial charge in [-0.1, -0.05) is 27.2 Å². The van der Waals surface area contributed by atoms with E-state index >= 15 is 0 Å². The van der Waals surface area contributed by atoms with E-state index in [1.807, 2.05) is 0 Å². The predicted molar refractivity (Wildman–Crippen MR) is 71.4 cm³/mol. The van der Waals surface area contributed by atoms with Gasteiger partial charge in [0.1, 0.15) is 0 Å². The van der Waals surface area contributed by atoms with Crippen LogP contribution < -0.4 is 0 Å². The number of hydrogen-bond acceptors (Lipinski definition) is 4. The standard InChI is InChI=1S/C11H19NO.2CNO/c1-10(2)5-4-6-11(3,7-10)8-12-9-13;2*2-1-3/h4-8H2,1-3H3;;/q;2*-1. The minimum absolute atomic E-state index is 0.235. The van der Waals surface area contributed by atoms with Gasteiger partial charge in [-0.3, -0.25) is 9.59 Å². The van der Waals surface area contributed by atoms with Crippen LogP contribution in [0.25, 0.3) is 10.8 Å². The zero-order valence-corrected chi connectivity index (χ0v) is 11.6. The Morgan fingerprint density at radius 1 is 1.05 bits per heavy atom. The Morgan fingerprint density at radius 3 is 1.89 bits per heavy atom. The van der Waals surface area contributed by atoms with E-state index < -0.39 is 0 Å². The van der Waals surface area contributed by atoms with Crippen LogP contribution in [0.3, 0.4) is 0 Å². The van der Waals surface area contributed by atoms with Crippen LogP contribution in [-0.2, 0) is 14.4 Å². The SMILES string of the molecule is CC1(C)CCCC(C)(CN=C=O)C1.[N-]=C=O.[N-]=C=O. The van der Waals surface area contributed by atoms with Crippen molar-refractivity contribution < 1.29 is 14.4 Å². The van der Waals surface area contributed by atoms with Gasteiger partial charge in [-0.05, 0) is 42.3 Å². The van der Waals surface area contributed by atoms with Crippen LogP contribution in [0.1, 0.15) is 46.5 Å². The third-order valence-corrected chi connectivity index (χ3v) is 3.06. The van der Waals surface area contributed by atoms with Crippen molar-refractivity contribution >= 4 is 18.2 Å². The smallest absolute Gasteiger partial charge is 0.234 e. The number of hydrogen-bond donors (Lipinski definition) is 0. The van der Waals surface area contributed by atoms with Gasteiger partial charge in [-0.15, -0.1) is 0 Å². The summed E-state index contributed by atoms with van der Waals surface area (Å²) in [6.07, 6.45) is 7.57. The molecule has 1 rings (SSSR count). The highest BCUT2D eigenvalue weighted by molar-refractivity contribution is 5.37. The van der Waals surface area contributed by atoms with E-state index in [1.54, 1.807) is 6.08 Å². The number of nitrogens with zero attached hydrogens (tertiary/aromatic N) is 3. The van der Waals surface area contributed by atoms with Gasteiger partial charge in [0.2, 0.25) is 6.08 Å². The summed E-state index contributed by atoms with van der Waals surface area (Å²) < 4.78 is 0. The molecule has 6 heteroatoms. The molecule has 1 saturated carbocycles. The molecule has 0 heterocycles. The molecule has 1 aliphatic carbocycles. The van der Waals surface area contributed by atoms with Crippen molar-refractivity contribution in [1.82, 2.24) is 0 Å². The molecule has 0 aromatic heterocycles. The van der Waals surface area contributed by atoms with Crippen LogP contribution in [-0.4, -0.2) is 24.8 Å². The first-order valence-corrected chi connectivity index (χ1v) is 5.87. The summed E-state index contributed by atoms with van der Waals surface area (Å²) in [6.45, 7) is 7.48. The monoisotopic (exact) mass is 265 g/mol. The van der Waals surface area contributed by atoms with Gasteiger partial charge >= 0.3 is 0 Å². The lowest BCUT2D eigenvalue weighted by Crippen LogP contribution is -2.32. The second-order valence-electron chi connectivity index (χ2n) is 5.60. The van der Waals surface area contributed by atoms with Crippen LogP contribution in [0.2, 0.25) is 0 Å². The Kier molecular flexibility index (Phi) is 10.4. The lowest BCUT2D eigenvalue weighted by atomic mass is 9.64.